The summed E-state index contributed by atoms with van der Waals surface area (Å²) in [6.07, 6.45) is 4.82. The highest BCUT2D eigenvalue weighted by Gasteiger charge is 2.16. The fraction of sp³-hybridized carbons (Fsp3) is 0.385. The van der Waals surface area contributed by atoms with Crippen molar-refractivity contribution < 1.29 is 0 Å². The minimum absolute atomic E-state index is 0.169. The maximum absolute atomic E-state index is 4.57. The van der Waals surface area contributed by atoms with Crippen LogP contribution in [0.25, 0.3) is 0 Å². The zero-order valence-electron chi connectivity index (χ0n) is 10.2. The van der Waals surface area contributed by atoms with Gasteiger partial charge in [0.1, 0.15) is 5.01 Å². The molecule has 2 rings (SSSR count). The molecule has 0 saturated carbocycles. The van der Waals surface area contributed by atoms with E-state index in [4.69, 9.17) is 0 Å². The topological polar surface area (TPSA) is 37.8 Å². The van der Waals surface area contributed by atoms with Crippen LogP contribution in [0.5, 0.6) is 0 Å². The van der Waals surface area contributed by atoms with Gasteiger partial charge in [-0.3, -0.25) is 4.98 Å². The van der Waals surface area contributed by atoms with Crippen LogP contribution in [0, 0.1) is 6.92 Å². The van der Waals surface area contributed by atoms with E-state index in [1.54, 1.807) is 17.5 Å². The average Bonchev–Trinajstić information content (AvgIpc) is 2.78. The van der Waals surface area contributed by atoms with Crippen molar-refractivity contribution in [1.29, 1.82) is 0 Å². The molecule has 1 unspecified atom stereocenters. The Morgan fingerprint density at radius 2 is 2.35 bits per heavy atom. The van der Waals surface area contributed by atoms with E-state index in [0.717, 1.165) is 23.7 Å². The summed E-state index contributed by atoms with van der Waals surface area (Å²) < 4.78 is 0. The van der Waals surface area contributed by atoms with Gasteiger partial charge in [0.2, 0.25) is 0 Å². The fourth-order valence-electron chi connectivity index (χ4n) is 1.69. The van der Waals surface area contributed by atoms with E-state index in [2.05, 4.69) is 33.7 Å². The molecular weight excluding hydrogens is 230 g/mol. The van der Waals surface area contributed by atoms with Crippen LogP contribution in [0.1, 0.15) is 35.7 Å². The lowest BCUT2D eigenvalue weighted by Gasteiger charge is -2.15. The Morgan fingerprint density at radius 3 is 2.94 bits per heavy atom. The van der Waals surface area contributed by atoms with Crippen molar-refractivity contribution >= 4 is 11.3 Å². The third-order valence-corrected chi connectivity index (χ3v) is 3.53. The van der Waals surface area contributed by atoms with Gasteiger partial charge in [0.25, 0.3) is 0 Å². The molecule has 0 aliphatic heterocycles. The van der Waals surface area contributed by atoms with Gasteiger partial charge in [0.05, 0.1) is 6.04 Å². The zero-order chi connectivity index (χ0) is 12.1. The monoisotopic (exact) mass is 247 g/mol. The number of thiazole rings is 1. The zero-order valence-corrected chi connectivity index (χ0v) is 11.0. The second-order valence-electron chi connectivity index (χ2n) is 4.00. The van der Waals surface area contributed by atoms with Gasteiger partial charge in [-0.25, -0.2) is 4.98 Å². The molecule has 0 bridgehead atoms. The smallest absolute Gasteiger partial charge is 0.114 e. The Kier molecular flexibility index (Phi) is 4.23. The van der Waals surface area contributed by atoms with Crippen molar-refractivity contribution in [2.24, 2.45) is 0 Å². The van der Waals surface area contributed by atoms with Crippen molar-refractivity contribution in [3.8, 4) is 0 Å². The Labute approximate surface area is 106 Å². The van der Waals surface area contributed by atoms with Crippen molar-refractivity contribution in [2.75, 3.05) is 6.54 Å². The van der Waals surface area contributed by atoms with Crippen LogP contribution < -0.4 is 5.32 Å². The number of pyridine rings is 1. The van der Waals surface area contributed by atoms with E-state index >= 15 is 0 Å². The lowest BCUT2D eigenvalue weighted by atomic mass is 10.1. The van der Waals surface area contributed by atoms with Crippen LogP contribution in [0.2, 0.25) is 0 Å². The molecule has 4 heteroatoms. The highest BCUT2D eigenvalue weighted by Crippen LogP contribution is 2.24. The number of aromatic nitrogens is 2. The first-order valence-electron chi connectivity index (χ1n) is 5.86. The summed E-state index contributed by atoms with van der Waals surface area (Å²) in [4.78, 5) is 8.75. The summed E-state index contributed by atoms with van der Waals surface area (Å²) in [7, 11) is 0. The number of nitrogens with one attached hydrogen (secondary N) is 1. The second kappa shape index (κ2) is 5.89. The van der Waals surface area contributed by atoms with Crippen molar-refractivity contribution in [2.45, 2.75) is 26.3 Å². The molecule has 0 amide bonds. The molecule has 2 heterocycles. The standard InChI is InChI=1S/C13H17N3S/c1-3-6-15-12(11-5-4-7-14-8-11)13-16-10(2)9-17-13/h4-5,7-9,12,15H,3,6H2,1-2H3. The van der Waals surface area contributed by atoms with Gasteiger partial charge in [0.15, 0.2) is 0 Å². The van der Waals surface area contributed by atoms with E-state index in [0.29, 0.717) is 0 Å². The molecule has 0 saturated heterocycles. The molecule has 0 aliphatic rings. The predicted molar refractivity (Wildman–Crippen MR) is 71.2 cm³/mol. The molecule has 0 radical (unpaired) electrons. The summed E-state index contributed by atoms with van der Waals surface area (Å²) >= 11 is 1.70. The fourth-order valence-corrected chi connectivity index (χ4v) is 2.58. The van der Waals surface area contributed by atoms with Crippen molar-refractivity contribution in [3.05, 3.63) is 46.2 Å². The first-order valence-corrected chi connectivity index (χ1v) is 6.74. The molecule has 2 aromatic rings. The van der Waals surface area contributed by atoms with Gasteiger partial charge in [-0.05, 0) is 31.5 Å². The van der Waals surface area contributed by atoms with Gasteiger partial charge in [0, 0.05) is 23.5 Å². The Balaban J connectivity index is 2.25. The number of aryl methyl sites for hydroxylation is 1. The van der Waals surface area contributed by atoms with Gasteiger partial charge in [-0.1, -0.05) is 13.0 Å². The van der Waals surface area contributed by atoms with Crippen LogP contribution in [0.3, 0.4) is 0 Å². The second-order valence-corrected chi connectivity index (χ2v) is 4.89. The first kappa shape index (κ1) is 12.2. The third-order valence-electron chi connectivity index (χ3n) is 2.50. The number of rotatable bonds is 5. The maximum Gasteiger partial charge on any atom is 0.114 e. The minimum Gasteiger partial charge on any atom is -0.304 e. The Bertz CT molecular complexity index is 453. The van der Waals surface area contributed by atoms with Crippen LogP contribution in [-0.4, -0.2) is 16.5 Å². The maximum atomic E-state index is 4.57. The summed E-state index contributed by atoms with van der Waals surface area (Å²) in [5, 5.41) is 6.73. The molecule has 90 valence electrons. The normalized spacial score (nSPS) is 12.6. The minimum atomic E-state index is 0.169. The quantitative estimate of drug-likeness (QED) is 0.882. The molecule has 1 N–H and O–H groups in total. The Morgan fingerprint density at radius 1 is 1.47 bits per heavy atom. The van der Waals surface area contributed by atoms with Crippen LogP contribution >= 0.6 is 11.3 Å². The highest BCUT2D eigenvalue weighted by atomic mass is 32.1. The van der Waals surface area contributed by atoms with Crippen LogP contribution in [0.4, 0.5) is 0 Å². The SMILES string of the molecule is CCCNC(c1cccnc1)c1nc(C)cs1. The van der Waals surface area contributed by atoms with Crippen molar-refractivity contribution in [3.63, 3.8) is 0 Å². The van der Waals surface area contributed by atoms with E-state index < -0.39 is 0 Å². The Hall–Kier alpha value is -1.26. The van der Waals surface area contributed by atoms with Crippen molar-refractivity contribution in [1.82, 2.24) is 15.3 Å². The lowest BCUT2D eigenvalue weighted by molar-refractivity contribution is 0.593. The molecular formula is C13H17N3S. The van der Waals surface area contributed by atoms with Crippen LogP contribution in [-0.2, 0) is 0 Å². The highest BCUT2D eigenvalue weighted by molar-refractivity contribution is 7.09. The number of hydrogen-bond donors (Lipinski definition) is 1. The van der Waals surface area contributed by atoms with Crippen LogP contribution in [0.15, 0.2) is 29.9 Å². The van der Waals surface area contributed by atoms with E-state index in [-0.39, 0.29) is 6.04 Å². The lowest BCUT2D eigenvalue weighted by Crippen LogP contribution is -2.23. The third kappa shape index (κ3) is 3.11. The molecule has 0 aromatic carbocycles. The average molecular weight is 247 g/mol. The van der Waals surface area contributed by atoms with Gasteiger partial charge >= 0.3 is 0 Å². The van der Waals surface area contributed by atoms with E-state index in [1.165, 1.54) is 5.56 Å². The first-order chi connectivity index (χ1) is 8.31. The number of hydrogen-bond acceptors (Lipinski definition) is 4. The molecule has 3 nitrogen and oxygen atoms in total. The molecule has 0 aliphatic carbocycles. The summed E-state index contributed by atoms with van der Waals surface area (Å²) in [6, 6.07) is 4.23. The van der Waals surface area contributed by atoms with Gasteiger partial charge in [-0.2, -0.15) is 0 Å². The van der Waals surface area contributed by atoms with Gasteiger partial charge in [-0.15, -0.1) is 11.3 Å². The van der Waals surface area contributed by atoms with E-state index in [9.17, 15) is 0 Å². The molecule has 0 fully saturated rings. The van der Waals surface area contributed by atoms with E-state index in [1.807, 2.05) is 19.2 Å². The summed E-state index contributed by atoms with van der Waals surface area (Å²) in [6.45, 7) is 5.18. The van der Waals surface area contributed by atoms with Gasteiger partial charge < -0.3 is 5.32 Å². The largest absolute Gasteiger partial charge is 0.304 e. The molecule has 0 spiro atoms. The number of nitrogens with zero attached hydrogens (tertiary/aromatic N) is 2. The molecule has 17 heavy (non-hydrogen) atoms. The molecule has 2 aromatic heterocycles. The summed E-state index contributed by atoms with van der Waals surface area (Å²) in [5.41, 5.74) is 2.26. The molecule has 1 atom stereocenters. The summed E-state index contributed by atoms with van der Waals surface area (Å²) in [5.74, 6) is 0. The predicted octanol–water partition coefficient (Wildman–Crippen LogP) is 2.94.